The molecule has 1 atom stereocenters. The van der Waals surface area contributed by atoms with Crippen LogP contribution in [0, 0.1) is 12.3 Å². The standard InChI is InChI=1S/C32H37ClN6O/c1-19-5-6-21(20-7-8-20)15-26(19)38-13-10-25-23(17-38)31(39-14-11-27(40-4)32(2,3)18-39)37-30(36-25)28-22-9-12-34-29(22)35-16-24(28)33/h5-6,9,12,15-16,20,27H,7-8,10-11,13-14,17-18H2,1-4H3,(H,34,35). The maximum absolute atomic E-state index is 6.77. The molecular weight excluding hydrogens is 520 g/mol. The number of methoxy groups -OCH3 is 1. The monoisotopic (exact) mass is 556 g/mol. The van der Waals surface area contributed by atoms with E-state index in [-0.39, 0.29) is 11.5 Å². The summed E-state index contributed by atoms with van der Waals surface area (Å²) in [4.78, 5) is 23.2. The van der Waals surface area contributed by atoms with Crippen molar-refractivity contribution in [3.8, 4) is 11.4 Å². The molecule has 2 fully saturated rings. The van der Waals surface area contributed by atoms with E-state index in [4.69, 9.17) is 26.3 Å². The molecule has 1 unspecified atom stereocenters. The van der Waals surface area contributed by atoms with Crippen molar-refractivity contribution in [1.29, 1.82) is 0 Å². The van der Waals surface area contributed by atoms with Gasteiger partial charge in [0.25, 0.3) is 0 Å². The Morgan fingerprint density at radius 3 is 2.70 bits per heavy atom. The molecule has 7 nitrogen and oxygen atoms in total. The number of rotatable bonds is 5. The van der Waals surface area contributed by atoms with Gasteiger partial charge in [-0.2, -0.15) is 0 Å². The van der Waals surface area contributed by atoms with Gasteiger partial charge in [0, 0.05) is 74.2 Å². The number of H-pyrrole nitrogens is 1. The molecular formula is C32H37ClN6O. The summed E-state index contributed by atoms with van der Waals surface area (Å²) in [6, 6.07) is 9.05. The van der Waals surface area contributed by atoms with Crippen LogP contribution in [0.4, 0.5) is 11.5 Å². The van der Waals surface area contributed by atoms with Crippen LogP contribution in [0.3, 0.4) is 0 Å². The fraction of sp³-hybridized carbons (Fsp3) is 0.469. The van der Waals surface area contributed by atoms with Crippen molar-refractivity contribution in [1.82, 2.24) is 19.9 Å². The molecule has 1 aliphatic carbocycles. The first kappa shape index (κ1) is 25.8. The fourth-order valence-electron chi connectivity index (χ4n) is 6.78. The van der Waals surface area contributed by atoms with E-state index in [1.54, 1.807) is 6.20 Å². The van der Waals surface area contributed by atoms with Crippen LogP contribution in [0.2, 0.25) is 5.02 Å². The second-order valence-electron chi connectivity index (χ2n) is 12.4. The predicted octanol–water partition coefficient (Wildman–Crippen LogP) is 6.67. The highest BCUT2D eigenvalue weighted by Gasteiger charge is 2.38. The number of fused-ring (bicyclic) bond motifs is 2. The summed E-state index contributed by atoms with van der Waals surface area (Å²) in [5, 5.41) is 1.52. The summed E-state index contributed by atoms with van der Waals surface area (Å²) in [7, 11) is 1.83. The number of aromatic nitrogens is 4. The smallest absolute Gasteiger partial charge is 0.164 e. The molecule has 5 heterocycles. The van der Waals surface area contributed by atoms with Crippen LogP contribution in [0.5, 0.6) is 0 Å². The molecule has 1 saturated heterocycles. The largest absolute Gasteiger partial charge is 0.381 e. The topological polar surface area (TPSA) is 70.2 Å². The van der Waals surface area contributed by atoms with Gasteiger partial charge in [0.1, 0.15) is 11.5 Å². The van der Waals surface area contributed by atoms with Crippen LogP contribution in [0.1, 0.15) is 61.4 Å². The number of ether oxygens (including phenoxy) is 1. The average Bonchev–Trinajstić information content (AvgIpc) is 3.69. The molecule has 3 aromatic heterocycles. The van der Waals surface area contributed by atoms with E-state index in [0.717, 1.165) is 73.0 Å². The lowest BCUT2D eigenvalue weighted by atomic mass is 9.81. The summed E-state index contributed by atoms with van der Waals surface area (Å²) >= 11 is 6.77. The van der Waals surface area contributed by atoms with Crippen molar-refractivity contribution in [3.05, 3.63) is 64.1 Å². The molecule has 2 aliphatic heterocycles. The SMILES string of the molecule is COC1CCN(c2nc(-c3c(Cl)cnc4[nH]ccc34)nc3c2CN(c2cc(C4CC4)ccc2C)CC3)CC1(C)C. The molecule has 1 aromatic carbocycles. The van der Waals surface area contributed by atoms with Gasteiger partial charge in [-0.05, 0) is 55.4 Å². The molecule has 0 bridgehead atoms. The Labute approximate surface area is 240 Å². The zero-order valence-corrected chi connectivity index (χ0v) is 24.6. The third-order valence-corrected chi connectivity index (χ3v) is 9.43. The first-order valence-electron chi connectivity index (χ1n) is 14.5. The Morgan fingerprint density at radius 1 is 1.07 bits per heavy atom. The minimum absolute atomic E-state index is 0.00322. The lowest BCUT2D eigenvalue weighted by Crippen LogP contribution is -2.50. The molecule has 40 heavy (non-hydrogen) atoms. The molecule has 4 aromatic rings. The van der Waals surface area contributed by atoms with Crippen molar-refractivity contribution in [2.75, 3.05) is 36.5 Å². The van der Waals surface area contributed by atoms with Gasteiger partial charge in [-0.15, -0.1) is 0 Å². The Bertz CT molecular complexity index is 1590. The summed E-state index contributed by atoms with van der Waals surface area (Å²) in [6.07, 6.45) is 8.26. The molecule has 1 saturated carbocycles. The van der Waals surface area contributed by atoms with Gasteiger partial charge in [-0.1, -0.05) is 37.6 Å². The van der Waals surface area contributed by atoms with Crippen molar-refractivity contribution >= 4 is 34.1 Å². The van der Waals surface area contributed by atoms with Gasteiger partial charge in [0.05, 0.1) is 22.4 Å². The maximum atomic E-state index is 6.77. The van der Waals surface area contributed by atoms with Crippen LogP contribution >= 0.6 is 11.6 Å². The summed E-state index contributed by atoms with van der Waals surface area (Å²) < 4.78 is 5.88. The second kappa shape index (κ2) is 9.74. The van der Waals surface area contributed by atoms with Crippen LogP contribution < -0.4 is 9.80 Å². The van der Waals surface area contributed by atoms with E-state index in [2.05, 4.69) is 58.7 Å². The van der Waals surface area contributed by atoms with Gasteiger partial charge in [0.15, 0.2) is 5.82 Å². The number of benzene rings is 1. The summed E-state index contributed by atoms with van der Waals surface area (Å²) in [6.45, 7) is 10.3. The minimum atomic E-state index is -0.00322. The van der Waals surface area contributed by atoms with Crippen LogP contribution in [-0.4, -0.2) is 52.8 Å². The van der Waals surface area contributed by atoms with Crippen LogP contribution in [0.15, 0.2) is 36.7 Å². The molecule has 0 spiro atoms. The number of nitrogens with zero attached hydrogens (tertiary/aromatic N) is 5. The van der Waals surface area contributed by atoms with Gasteiger partial charge in [-0.25, -0.2) is 15.0 Å². The van der Waals surface area contributed by atoms with Crippen molar-refractivity contribution in [3.63, 3.8) is 0 Å². The van der Waals surface area contributed by atoms with Gasteiger partial charge >= 0.3 is 0 Å². The number of hydrogen-bond donors (Lipinski definition) is 1. The van der Waals surface area contributed by atoms with Gasteiger partial charge in [-0.3, -0.25) is 0 Å². The van der Waals surface area contributed by atoms with E-state index >= 15 is 0 Å². The Hall–Kier alpha value is -3.16. The molecule has 0 amide bonds. The number of aryl methyl sites for hydroxylation is 1. The van der Waals surface area contributed by atoms with E-state index in [9.17, 15) is 0 Å². The second-order valence-corrected chi connectivity index (χ2v) is 12.8. The van der Waals surface area contributed by atoms with E-state index < -0.39 is 0 Å². The number of hydrogen-bond acceptors (Lipinski definition) is 6. The van der Waals surface area contributed by atoms with Crippen molar-refractivity contribution in [2.45, 2.75) is 65.0 Å². The van der Waals surface area contributed by atoms with Crippen molar-refractivity contribution in [2.24, 2.45) is 5.41 Å². The van der Waals surface area contributed by atoms with Crippen LogP contribution in [0.25, 0.3) is 22.4 Å². The first-order valence-corrected chi connectivity index (χ1v) is 14.8. The number of aromatic amines is 1. The quantitative estimate of drug-likeness (QED) is 0.296. The molecule has 1 N–H and O–H groups in total. The van der Waals surface area contributed by atoms with Gasteiger partial charge < -0.3 is 19.5 Å². The molecule has 208 valence electrons. The highest BCUT2D eigenvalue weighted by Crippen LogP contribution is 2.43. The number of nitrogens with one attached hydrogen (secondary N) is 1. The highest BCUT2D eigenvalue weighted by molar-refractivity contribution is 6.34. The molecule has 8 heteroatoms. The Balaban J connectivity index is 1.34. The highest BCUT2D eigenvalue weighted by atomic mass is 35.5. The lowest BCUT2D eigenvalue weighted by Gasteiger charge is -2.45. The molecule has 7 rings (SSSR count). The number of piperidine rings is 1. The van der Waals surface area contributed by atoms with E-state index in [0.29, 0.717) is 10.8 Å². The first-order chi connectivity index (χ1) is 19.3. The zero-order chi connectivity index (χ0) is 27.6. The number of halogens is 1. The van der Waals surface area contributed by atoms with Crippen LogP contribution in [-0.2, 0) is 17.7 Å². The van der Waals surface area contributed by atoms with E-state index in [1.165, 1.54) is 35.2 Å². The Morgan fingerprint density at radius 2 is 1.93 bits per heavy atom. The maximum Gasteiger partial charge on any atom is 0.164 e. The number of pyridine rings is 1. The number of anilines is 2. The third-order valence-electron chi connectivity index (χ3n) is 9.14. The lowest BCUT2D eigenvalue weighted by molar-refractivity contribution is -0.00647. The van der Waals surface area contributed by atoms with Crippen molar-refractivity contribution < 1.29 is 4.74 Å². The van der Waals surface area contributed by atoms with Gasteiger partial charge in [0.2, 0.25) is 0 Å². The molecule has 3 aliphatic rings. The zero-order valence-electron chi connectivity index (χ0n) is 23.8. The summed E-state index contributed by atoms with van der Waals surface area (Å²) in [5.74, 6) is 2.44. The average molecular weight is 557 g/mol. The Kier molecular flexibility index (Phi) is 6.28. The molecule has 0 radical (unpaired) electrons. The third kappa shape index (κ3) is 4.44. The summed E-state index contributed by atoms with van der Waals surface area (Å²) in [5.41, 5.74) is 8.13. The fourth-order valence-corrected chi connectivity index (χ4v) is 7.01. The predicted molar refractivity (Wildman–Crippen MR) is 161 cm³/mol. The van der Waals surface area contributed by atoms with E-state index in [1.807, 2.05) is 19.4 Å². The normalized spacial score (nSPS) is 20.7. The minimum Gasteiger partial charge on any atom is -0.381 e.